The lowest BCUT2D eigenvalue weighted by Gasteiger charge is -2.15. The van der Waals surface area contributed by atoms with Crippen molar-refractivity contribution in [1.29, 1.82) is 5.26 Å². The van der Waals surface area contributed by atoms with Crippen LogP contribution >= 0.6 is 11.3 Å². The van der Waals surface area contributed by atoms with Gasteiger partial charge >= 0.3 is 0 Å². The van der Waals surface area contributed by atoms with Crippen molar-refractivity contribution < 1.29 is 4.42 Å². The molecule has 3 heteroatoms. The van der Waals surface area contributed by atoms with Crippen molar-refractivity contribution in [3.05, 3.63) is 133 Å². The number of hydrogen-bond acceptors (Lipinski definition) is 3. The average molecular weight is 528 g/mol. The summed E-state index contributed by atoms with van der Waals surface area (Å²) in [5, 5.41) is 15.0. The molecule has 0 N–H and O–H groups in total. The van der Waals surface area contributed by atoms with E-state index < -0.39 is 0 Å². The Morgan fingerprint density at radius 3 is 2.00 bits per heavy atom. The van der Waals surface area contributed by atoms with Crippen LogP contribution in [-0.4, -0.2) is 0 Å². The lowest BCUT2D eigenvalue weighted by Crippen LogP contribution is -1.92. The predicted octanol–water partition coefficient (Wildman–Crippen LogP) is 10.8. The Hall–Kier alpha value is -5.17. The maximum atomic E-state index is 10.4. The molecule has 2 heterocycles. The SMILES string of the molecule is N#Cc1cc(-c2ccc3sc4ccccc4c3c2)c(-c2ccccc2)cc1-c1ccc2oc3ccccc3c2c1. The fraction of sp³-hybridized carbons (Fsp3) is 0. The molecule has 0 atom stereocenters. The van der Waals surface area contributed by atoms with Crippen molar-refractivity contribution in [2.75, 3.05) is 0 Å². The molecule has 0 saturated heterocycles. The van der Waals surface area contributed by atoms with Crippen LogP contribution in [0.4, 0.5) is 0 Å². The van der Waals surface area contributed by atoms with Gasteiger partial charge < -0.3 is 4.42 Å². The zero-order valence-electron chi connectivity index (χ0n) is 21.4. The van der Waals surface area contributed by atoms with Crippen molar-refractivity contribution in [2.45, 2.75) is 0 Å². The van der Waals surface area contributed by atoms with E-state index in [0.29, 0.717) is 5.56 Å². The highest BCUT2D eigenvalue weighted by atomic mass is 32.1. The molecule has 0 spiro atoms. The predicted molar refractivity (Wildman–Crippen MR) is 168 cm³/mol. The molecule has 0 radical (unpaired) electrons. The molecule has 0 unspecified atom stereocenters. The Labute approximate surface area is 235 Å². The van der Waals surface area contributed by atoms with E-state index in [-0.39, 0.29) is 0 Å². The Balaban J connectivity index is 1.38. The summed E-state index contributed by atoms with van der Waals surface area (Å²) < 4.78 is 8.62. The minimum Gasteiger partial charge on any atom is -0.456 e. The fourth-order valence-electron chi connectivity index (χ4n) is 5.81. The number of furan rings is 1. The van der Waals surface area contributed by atoms with E-state index in [1.807, 2.05) is 41.7 Å². The monoisotopic (exact) mass is 527 g/mol. The molecule has 0 aliphatic carbocycles. The highest BCUT2D eigenvalue weighted by Crippen LogP contribution is 2.42. The molecule has 2 aromatic heterocycles. The number of hydrogen-bond donors (Lipinski definition) is 0. The molecule has 2 nitrogen and oxygen atoms in total. The van der Waals surface area contributed by atoms with E-state index >= 15 is 0 Å². The zero-order chi connectivity index (χ0) is 26.6. The van der Waals surface area contributed by atoms with Crippen LogP contribution in [-0.2, 0) is 0 Å². The largest absolute Gasteiger partial charge is 0.456 e. The molecule has 0 amide bonds. The molecular formula is C37H21NOS. The molecular weight excluding hydrogens is 506 g/mol. The summed E-state index contributed by atoms with van der Waals surface area (Å²) in [5.74, 6) is 0. The highest BCUT2D eigenvalue weighted by Gasteiger charge is 2.17. The molecule has 8 rings (SSSR count). The maximum Gasteiger partial charge on any atom is 0.135 e. The van der Waals surface area contributed by atoms with Crippen molar-refractivity contribution in [3.8, 4) is 39.4 Å². The van der Waals surface area contributed by atoms with Gasteiger partial charge in [0.05, 0.1) is 11.6 Å². The quantitative estimate of drug-likeness (QED) is 0.229. The molecule has 0 fully saturated rings. The van der Waals surface area contributed by atoms with Gasteiger partial charge in [0, 0.05) is 36.5 Å². The maximum absolute atomic E-state index is 10.4. The Morgan fingerprint density at radius 2 is 1.12 bits per heavy atom. The summed E-state index contributed by atoms with van der Waals surface area (Å²) in [4.78, 5) is 0. The summed E-state index contributed by atoms with van der Waals surface area (Å²) in [7, 11) is 0. The van der Waals surface area contributed by atoms with Crippen LogP contribution in [0.1, 0.15) is 5.56 Å². The van der Waals surface area contributed by atoms with Gasteiger partial charge in [-0.1, -0.05) is 78.9 Å². The lowest BCUT2D eigenvalue weighted by molar-refractivity contribution is 0.669. The Bertz CT molecular complexity index is 2280. The first-order valence-corrected chi connectivity index (χ1v) is 14.1. The Kier molecular flexibility index (Phi) is 5.10. The van der Waals surface area contributed by atoms with E-state index in [0.717, 1.165) is 55.3 Å². The Morgan fingerprint density at radius 1 is 0.475 bits per heavy atom. The summed E-state index contributed by atoms with van der Waals surface area (Å²) in [6.45, 7) is 0. The summed E-state index contributed by atoms with van der Waals surface area (Å²) in [6.07, 6.45) is 0. The van der Waals surface area contributed by atoms with Crippen LogP contribution in [0.15, 0.2) is 132 Å². The molecule has 0 aliphatic rings. The molecule has 0 saturated carbocycles. The second kappa shape index (κ2) is 8.95. The number of para-hydroxylation sites is 1. The van der Waals surface area contributed by atoms with Crippen molar-refractivity contribution >= 4 is 53.4 Å². The van der Waals surface area contributed by atoms with E-state index in [4.69, 9.17) is 4.42 Å². The van der Waals surface area contributed by atoms with E-state index in [1.54, 1.807) is 0 Å². The van der Waals surface area contributed by atoms with Crippen molar-refractivity contribution in [3.63, 3.8) is 0 Å². The second-order valence-electron chi connectivity index (χ2n) is 10.0. The van der Waals surface area contributed by atoms with Crippen LogP contribution in [0.5, 0.6) is 0 Å². The summed E-state index contributed by atoms with van der Waals surface area (Å²) in [5.41, 5.74) is 8.66. The van der Waals surface area contributed by atoms with E-state index in [9.17, 15) is 5.26 Å². The first-order valence-electron chi connectivity index (χ1n) is 13.2. The number of fused-ring (bicyclic) bond motifs is 6. The van der Waals surface area contributed by atoms with Crippen LogP contribution in [0.2, 0.25) is 0 Å². The molecule has 8 aromatic rings. The summed E-state index contributed by atoms with van der Waals surface area (Å²) >= 11 is 1.82. The molecule has 186 valence electrons. The number of nitrogens with zero attached hydrogens (tertiary/aromatic N) is 1. The van der Waals surface area contributed by atoms with E-state index in [1.165, 1.54) is 20.2 Å². The summed E-state index contributed by atoms with van der Waals surface area (Å²) in [6, 6.07) is 46.7. The topological polar surface area (TPSA) is 36.9 Å². The van der Waals surface area contributed by atoms with Crippen LogP contribution in [0.25, 0.3) is 75.5 Å². The number of benzene rings is 6. The van der Waals surface area contributed by atoms with Gasteiger partial charge in [0.2, 0.25) is 0 Å². The first-order chi connectivity index (χ1) is 19.8. The van der Waals surface area contributed by atoms with Gasteiger partial charge in [0.15, 0.2) is 0 Å². The van der Waals surface area contributed by atoms with Crippen LogP contribution in [0.3, 0.4) is 0 Å². The molecule has 0 aliphatic heterocycles. The standard InChI is InChI=1S/C37H21NOS/c38-22-26-20-30(25-15-17-37-33(19-25)28-11-5-7-13-36(28)40-37)31(23-8-2-1-3-9-23)21-29(26)24-14-16-35-32(18-24)27-10-4-6-12-34(27)39-35/h1-21H. The van der Waals surface area contributed by atoms with Gasteiger partial charge in [-0.25, -0.2) is 0 Å². The highest BCUT2D eigenvalue weighted by molar-refractivity contribution is 7.25. The third-order valence-corrected chi connectivity index (χ3v) is 8.89. The number of rotatable bonds is 3. The van der Waals surface area contributed by atoms with Crippen molar-refractivity contribution in [2.24, 2.45) is 0 Å². The first kappa shape index (κ1) is 22.8. The number of nitriles is 1. The van der Waals surface area contributed by atoms with Gasteiger partial charge in [-0.15, -0.1) is 11.3 Å². The lowest BCUT2D eigenvalue weighted by atomic mass is 9.87. The van der Waals surface area contributed by atoms with Crippen LogP contribution < -0.4 is 0 Å². The van der Waals surface area contributed by atoms with Gasteiger partial charge in [-0.2, -0.15) is 5.26 Å². The second-order valence-corrected chi connectivity index (χ2v) is 11.1. The van der Waals surface area contributed by atoms with E-state index in [2.05, 4.69) is 103 Å². The minimum absolute atomic E-state index is 0.650. The molecule has 40 heavy (non-hydrogen) atoms. The third-order valence-electron chi connectivity index (χ3n) is 7.74. The number of thiophene rings is 1. The molecule has 6 aromatic carbocycles. The van der Waals surface area contributed by atoms with Crippen LogP contribution in [0, 0.1) is 11.3 Å². The fourth-order valence-corrected chi connectivity index (χ4v) is 6.90. The third kappa shape index (κ3) is 3.55. The van der Waals surface area contributed by atoms with Gasteiger partial charge in [0.25, 0.3) is 0 Å². The van der Waals surface area contributed by atoms with Gasteiger partial charge in [-0.05, 0) is 76.3 Å². The smallest absolute Gasteiger partial charge is 0.135 e. The molecule has 0 bridgehead atoms. The minimum atomic E-state index is 0.650. The van der Waals surface area contributed by atoms with Gasteiger partial charge in [-0.3, -0.25) is 0 Å². The normalized spacial score (nSPS) is 11.5. The average Bonchev–Trinajstić information content (AvgIpc) is 3.58. The van der Waals surface area contributed by atoms with Gasteiger partial charge in [0.1, 0.15) is 11.2 Å². The zero-order valence-corrected chi connectivity index (χ0v) is 22.2. The van der Waals surface area contributed by atoms with Crippen molar-refractivity contribution in [1.82, 2.24) is 0 Å².